The van der Waals surface area contributed by atoms with Crippen LogP contribution in [0.5, 0.6) is 0 Å². The van der Waals surface area contributed by atoms with E-state index in [1.165, 1.54) is 5.56 Å². The smallest absolute Gasteiger partial charge is 0.0724 e. The van der Waals surface area contributed by atoms with Crippen molar-refractivity contribution in [3.05, 3.63) is 48.0 Å². The van der Waals surface area contributed by atoms with Gasteiger partial charge in [0.25, 0.3) is 0 Å². The van der Waals surface area contributed by atoms with Gasteiger partial charge in [0.2, 0.25) is 0 Å². The molecule has 0 saturated carbocycles. The van der Waals surface area contributed by atoms with E-state index >= 15 is 0 Å². The van der Waals surface area contributed by atoms with Crippen LogP contribution in [0.1, 0.15) is 18.4 Å². The molecule has 0 aliphatic heterocycles. The molecule has 2 N–H and O–H groups in total. The maximum Gasteiger partial charge on any atom is 0.0724 e. The van der Waals surface area contributed by atoms with Crippen molar-refractivity contribution in [2.75, 3.05) is 6.61 Å². The fourth-order valence-electron chi connectivity index (χ4n) is 1.38. The van der Waals surface area contributed by atoms with Gasteiger partial charge in [-0.05, 0) is 24.8 Å². The molecule has 0 aliphatic rings. The lowest BCUT2D eigenvalue weighted by molar-refractivity contribution is 0.212. The van der Waals surface area contributed by atoms with Gasteiger partial charge in [-0.15, -0.1) is 0 Å². The average molecular weight is 206 g/mol. The number of benzene rings is 1. The molecule has 2 heteroatoms. The SMILES string of the molecule is OCC/C=C\[C@@H](O)CCc1ccccc1. The minimum atomic E-state index is -0.406. The third kappa shape index (κ3) is 5.35. The second-order valence-corrected chi connectivity index (χ2v) is 3.53. The second-order valence-electron chi connectivity index (χ2n) is 3.53. The highest BCUT2D eigenvalue weighted by Crippen LogP contribution is 2.05. The number of rotatable bonds is 6. The summed E-state index contributed by atoms with van der Waals surface area (Å²) in [4.78, 5) is 0. The van der Waals surface area contributed by atoms with Gasteiger partial charge in [0.1, 0.15) is 0 Å². The Kier molecular flexibility index (Phi) is 5.74. The Labute approximate surface area is 90.9 Å². The average Bonchev–Trinajstić information content (AvgIpc) is 2.28. The maximum atomic E-state index is 9.57. The lowest BCUT2D eigenvalue weighted by Crippen LogP contribution is -2.03. The third-order valence-electron chi connectivity index (χ3n) is 2.23. The first-order valence-corrected chi connectivity index (χ1v) is 5.32. The standard InChI is InChI=1S/C13H18O2/c14-11-5-4-8-13(15)10-9-12-6-2-1-3-7-12/h1-4,6-8,13-15H,5,9-11H2/b8-4-/t13-/m1/s1. The molecule has 0 aromatic heterocycles. The van der Waals surface area contributed by atoms with E-state index in [4.69, 9.17) is 5.11 Å². The van der Waals surface area contributed by atoms with Gasteiger partial charge < -0.3 is 10.2 Å². The molecule has 0 heterocycles. The quantitative estimate of drug-likeness (QED) is 0.698. The van der Waals surface area contributed by atoms with Crippen molar-refractivity contribution < 1.29 is 10.2 Å². The number of hydrogen-bond donors (Lipinski definition) is 2. The molecule has 0 fully saturated rings. The Hall–Kier alpha value is -1.12. The first-order chi connectivity index (χ1) is 7.33. The van der Waals surface area contributed by atoms with Gasteiger partial charge in [-0.25, -0.2) is 0 Å². The van der Waals surface area contributed by atoms with Crippen LogP contribution in [0.4, 0.5) is 0 Å². The van der Waals surface area contributed by atoms with Gasteiger partial charge in [0, 0.05) is 6.61 Å². The van der Waals surface area contributed by atoms with Gasteiger partial charge in [-0.1, -0.05) is 42.5 Å². The third-order valence-corrected chi connectivity index (χ3v) is 2.23. The van der Waals surface area contributed by atoms with Crippen molar-refractivity contribution in [2.24, 2.45) is 0 Å². The fraction of sp³-hybridized carbons (Fsp3) is 0.385. The molecule has 0 spiro atoms. The summed E-state index contributed by atoms with van der Waals surface area (Å²) in [5.74, 6) is 0. The molecular formula is C13H18O2. The number of aliphatic hydroxyl groups excluding tert-OH is 2. The Balaban J connectivity index is 2.25. The van der Waals surface area contributed by atoms with Crippen LogP contribution < -0.4 is 0 Å². The van der Waals surface area contributed by atoms with E-state index in [9.17, 15) is 5.11 Å². The van der Waals surface area contributed by atoms with Crippen molar-refractivity contribution in [1.29, 1.82) is 0 Å². The molecule has 2 nitrogen and oxygen atoms in total. The zero-order valence-corrected chi connectivity index (χ0v) is 8.84. The Bertz CT molecular complexity index is 280. The van der Waals surface area contributed by atoms with E-state index in [1.54, 1.807) is 6.08 Å². The highest BCUT2D eigenvalue weighted by molar-refractivity contribution is 5.14. The lowest BCUT2D eigenvalue weighted by atomic mass is 10.1. The van der Waals surface area contributed by atoms with Crippen molar-refractivity contribution in [2.45, 2.75) is 25.4 Å². The first-order valence-electron chi connectivity index (χ1n) is 5.32. The van der Waals surface area contributed by atoms with Crippen LogP contribution in [0.25, 0.3) is 0 Å². The molecular weight excluding hydrogens is 188 g/mol. The number of hydrogen-bond acceptors (Lipinski definition) is 2. The summed E-state index contributed by atoms with van der Waals surface area (Å²) in [5.41, 5.74) is 1.24. The topological polar surface area (TPSA) is 40.5 Å². The minimum absolute atomic E-state index is 0.141. The van der Waals surface area contributed by atoms with Crippen LogP contribution in [0.15, 0.2) is 42.5 Å². The maximum absolute atomic E-state index is 9.57. The number of aliphatic hydroxyl groups is 2. The summed E-state index contributed by atoms with van der Waals surface area (Å²) >= 11 is 0. The zero-order chi connectivity index (χ0) is 10.9. The van der Waals surface area contributed by atoms with Gasteiger partial charge in [0.15, 0.2) is 0 Å². The molecule has 0 amide bonds. The van der Waals surface area contributed by atoms with Crippen LogP contribution in [0.3, 0.4) is 0 Å². The molecule has 0 bridgehead atoms. The molecule has 1 aromatic rings. The second kappa shape index (κ2) is 7.21. The molecule has 0 saturated heterocycles. The van der Waals surface area contributed by atoms with E-state index in [1.807, 2.05) is 24.3 Å². The molecule has 1 aromatic carbocycles. The van der Waals surface area contributed by atoms with Crippen molar-refractivity contribution >= 4 is 0 Å². The van der Waals surface area contributed by atoms with Crippen LogP contribution in [0, 0.1) is 0 Å². The van der Waals surface area contributed by atoms with Gasteiger partial charge in [-0.3, -0.25) is 0 Å². The van der Waals surface area contributed by atoms with E-state index in [-0.39, 0.29) is 6.61 Å². The molecule has 0 aliphatic carbocycles. The monoisotopic (exact) mass is 206 g/mol. The molecule has 1 atom stereocenters. The molecule has 0 unspecified atom stereocenters. The molecule has 15 heavy (non-hydrogen) atoms. The normalized spacial score (nSPS) is 13.2. The van der Waals surface area contributed by atoms with Gasteiger partial charge in [0.05, 0.1) is 6.10 Å². The van der Waals surface area contributed by atoms with E-state index in [0.717, 1.165) is 12.8 Å². The summed E-state index contributed by atoms with van der Waals surface area (Å²) in [6.07, 6.45) is 5.38. The fourth-order valence-corrected chi connectivity index (χ4v) is 1.38. The van der Waals surface area contributed by atoms with Gasteiger partial charge in [-0.2, -0.15) is 0 Å². The number of aryl methyl sites for hydroxylation is 1. The van der Waals surface area contributed by atoms with Crippen LogP contribution in [0.2, 0.25) is 0 Å². The Morgan fingerprint density at radius 3 is 2.60 bits per heavy atom. The largest absolute Gasteiger partial charge is 0.396 e. The highest BCUT2D eigenvalue weighted by atomic mass is 16.3. The summed E-state index contributed by atoms with van der Waals surface area (Å²) < 4.78 is 0. The van der Waals surface area contributed by atoms with E-state index in [0.29, 0.717) is 6.42 Å². The summed E-state index contributed by atoms with van der Waals surface area (Å²) in [6.45, 7) is 0.141. The highest BCUT2D eigenvalue weighted by Gasteiger charge is 1.99. The molecule has 1 rings (SSSR count). The van der Waals surface area contributed by atoms with Crippen molar-refractivity contribution in [3.8, 4) is 0 Å². The predicted octanol–water partition coefficient (Wildman–Crippen LogP) is 1.92. The first kappa shape index (κ1) is 12.0. The predicted molar refractivity (Wildman–Crippen MR) is 61.6 cm³/mol. The molecule has 82 valence electrons. The van der Waals surface area contributed by atoms with Gasteiger partial charge >= 0.3 is 0 Å². The summed E-state index contributed by atoms with van der Waals surface area (Å²) in [6, 6.07) is 10.1. The lowest BCUT2D eigenvalue weighted by Gasteiger charge is -2.05. The van der Waals surface area contributed by atoms with Crippen LogP contribution in [-0.2, 0) is 6.42 Å². The molecule has 0 radical (unpaired) electrons. The van der Waals surface area contributed by atoms with E-state index in [2.05, 4.69) is 12.1 Å². The van der Waals surface area contributed by atoms with Crippen LogP contribution >= 0.6 is 0 Å². The summed E-state index contributed by atoms with van der Waals surface area (Å²) in [7, 11) is 0. The van der Waals surface area contributed by atoms with Crippen molar-refractivity contribution in [1.82, 2.24) is 0 Å². The Morgan fingerprint density at radius 2 is 1.93 bits per heavy atom. The van der Waals surface area contributed by atoms with E-state index < -0.39 is 6.10 Å². The Morgan fingerprint density at radius 1 is 1.20 bits per heavy atom. The minimum Gasteiger partial charge on any atom is -0.396 e. The van der Waals surface area contributed by atoms with Crippen LogP contribution in [-0.4, -0.2) is 22.9 Å². The zero-order valence-electron chi connectivity index (χ0n) is 8.84. The van der Waals surface area contributed by atoms with Crippen molar-refractivity contribution in [3.63, 3.8) is 0 Å². The summed E-state index contributed by atoms with van der Waals surface area (Å²) in [5, 5.41) is 18.1.